The Balaban J connectivity index is 1.28. The summed E-state index contributed by atoms with van der Waals surface area (Å²) in [5, 5.41) is 7.10. The highest BCUT2D eigenvalue weighted by molar-refractivity contribution is 7.14. The average molecular weight is 432 g/mol. The Morgan fingerprint density at radius 2 is 1.93 bits per heavy atom. The van der Waals surface area contributed by atoms with Gasteiger partial charge < -0.3 is 24.3 Å². The maximum atomic E-state index is 5.47. The minimum absolute atomic E-state index is 0.834. The molecule has 8 heteroatoms. The van der Waals surface area contributed by atoms with Gasteiger partial charge in [-0.2, -0.15) is 0 Å². The fourth-order valence-electron chi connectivity index (χ4n) is 3.91. The molecule has 1 N–H and O–H groups in total. The van der Waals surface area contributed by atoms with Crippen molar-refractivity contribution in [3.05, 3.63) is 41.7 Å². The predicted octanol–water partition coefficient (Wildman–Crippen LogP) is 2.37. The lowest BCUT2D eigenvalue weighted by atomic mass is 10.3. The zero-order valence-corrected chi connectivity index (χ0v) is 18.5. The minimum atomic E-state index is 0.834. The zero-order chi connectivity index (χ0) is 20.4. The van der Waals surface area contributed by atoms with Crippen LogP contribution in [0.4, 0.5) is 5.00 Å². The van der Waals surface area contributed by atoms with Gasteiger partial charge in [0.2, 0.25) is 0 Å². The molecule has 164 valence electrons. The molecular formula is C22H33N5O2S. The van der Waals surface area contributed by atoms with Gasteiger partial charge in [-0.3, -0.25) is 9.89 Å². The summed E-state index contributed by atoms with van der Waals surface area (Å²) < 4.78 is 10.9. The molecule has 0 unspecified atom stereocenters. The van der Waals surface area contributed by atoms with Crippen molar-refractivity contribution in [1.82, 2.24) is 15.1 Å². The first-order valence-electron chi connectivity index (χ1n) is 11.0. The van der Waals surface area contributed by atoms with Crippen LogP contribution in [0.5, 0.6) is 0 Å². The smallest absolute Gasteiger partial charge is 0.194 e. The van der Waals surface area contributed by atoms with Gasteiger partial charge in [0.15, 0.2) is 5.96 Å². The summed E-state index contributed by atoms with van der Waals surface area (Å²) in [5.74, 6) is 2.05. The number of aliphatic imine (C=N–C) groups is 1. The van der Waals surface area contributed by atoms with Crippen molar-refractivity contribution in [2.75, 3.05) is 77.0 Å². The number of furan rings is 1. The normalized spacial score (nSPS) is 18.7. The lowest BCUT2D eigenvalue weighted by molar-refractivity contribution is 0.0377. The third kappa shape index (κ3) is 6.23. The van der Waals surface area contributed by atoms with E-state index >= 15 is 0 Å². The molecule has 2 aliphatic rings. The predicted molar refractivity (Wildman–Crippen MR) is 123 cm³/mol. The molecule has 0 bridgehead atoms. The Labute approximate surface area is 183 Å². The van der Waals surface area contributed by atoms with Gasteiger partial charge in [-0.1, -0.05) is 0 Å². The minimum Gasteiger partial charge on any atom is -0.469 e. The van der Waals surface area contributed by atoms with Crippen LogP contribution in [-0.2, 0) is 11.2 Å². The van der Waals surface area contributed by atoms with Crippen molar-refractivity contribution >= 4 is 22.3 Å². The molecule has 2 aliphatic heterocycles. The molecular weight excluding hydrogens is 398 g/mol. The molecule has 4 rings (SSSR count). The molecule has 30 heavy (non-hydrogen) atoms. The highest BCUT2D eigenvalue weighted by Gasteiger charge is 2.20. The van der Waals surface area contributed by atoms with Gasteiger partial charge in [0, 0.05) is 65.3 Å². The summed E-state index contributed by atoms with van der Waals surface area (Å²) >= 11 is 1.82. The monoisotopic (exact) mass is 431 g/mol. The van der Waals surface area contributed by atoms with E-state index < -0.39 is 0 Å². The maximum Gasteiger partial charge on any atom is 0.194 e. The van der Waals surface area contributed by atoms with Crippen LogP contribution in [0.15, 0.2) is 45.3 Å². The van der Waals surface area contributed by atoms with Crippen LogP contribution in [0, 0.1) is 0 Å². The standard InChI is InChI=1S/C22H33N5O2S/c1-4-20(29-16-1)6-8-24-22(23-7-3-9-25-14-17-28-18-15-25)27-12-10-26(11-13-27)21-5-2-19-30-21/h1-2,4-5,16,19H,3,6-15,17-18H2,(H,23,24). The van der Waals surface area contributed by atoms with E-state index in [4.69, 9.17) is 14.1 Å². The van der Waals surface area contributed by atoms with E-state index in [1.165, 1.54) is 5.00 Å². The summed E-state index contributed by atoms with van der Waals surface area (Å²) in [5.41, 5.74) is 0. The molecule has 0 radical (unpaired) electrons. The van der Waals surface area contributed by atoms with Gasteiger partial charge >= 0.3 is 0 Å². The number of ether oxygens (including phenoxy) is 1. The Hall–Kier alpha value is -2.03. The van der Waals surface area contributed by atoms with Crippen LogP contribution in [0.2, 0.25) is 0 Å². The first-order valence-corrected chi connectivity index (χ1v) is 11.9. The molecule has 2 aromatic rings. The van der Waals surface area contributed by atoms with Crippen molar-refractivity contribution < 1.29 is 9.15 Å². The summed E-state index contributed by atoms with van der Waals surface area (Å²) in [6.07, 6.45) is 3.69. The summed E-state index contributed by atoms with van der Waals surface area (Å²) in [4.78, 5) is 12.3. The fourth-order valence-corrected chi connectivity index (χ4v) is 4.70. The summed E-state index contributed by atoms with van der Waals surface area (Å²) in [6, 6.07) is 8.31. The number of morpholine rings is 1. The lowest BCUT2D eigenvalue weighted by Gasteiger charge is -2.37. The van der Waals surface area contributed by atoms with Crippen molar-refractivity contribution in [2.45, 2.75) is 12.8 Å². The number of nitrogens with zero attached hydrogens (tertiary/aromatic N) is 4. The number of rotatable bonds is 8. The molecule has 2 saturated heterocycles. The first kappa shape index (κ1) is 21.2. The van der Waals surface area contributed by atoms with Crippen LogP contribution in [0.25, 0.3) is 0 Å². The molecule has 7 nitrogen and oxygen atoms in total. The number of nitrogens with one attached hydrogen (secondary N) is 1. The second-order valence-electron chi connectivity index (χ2n) is 7.69. The molecule has 0 amide bonds. The molecule has 0 spiro atoms. The number of anilines is 1. The Bertz CT molecular complexity index is 736. The molecule has 0 aliphatic carbocycles. The number of hydrogen-bond acceptors (Lipinski definition) is 6. The van der Waals surface area contributed by atoms with Crippen LogP contribution in [-0.4, -0.2) is 87.9 Å². The summed E-state index contributed by atoms with van der Waals surface area (Å²) in [6.45, 7) is 10.6. The van der Waals surface area contributed by atoms with Crippen molar-refractivity contribution in [3.8, 4) is 0 Å². The SMILES string of the molecule is c1coc(CCNC(=NCCCN2CCOCC2)N2CCN(c3cccs3)CC2)c1. The van der Waals surface area contributed by atoms with Gasteiger partial charge in [0.05, 0.1) is 24.5 Å². The van der Waals surface area contributed by atoms with E-state index in [0.717, 1.165) is 96.7 Å². The molecule has 2 fully saturated rings. The second kappa shape index (κ2) is 11.4. The maximum absolute atomic E-state index is 5.47. The van der Waals surface area contributed by atoms with E-state index in [1.54, 1.807) is 6.26 Å². The fraction of sp³-hybridized carbons (Fsp3) is 0.591. The number of thiophene rings is 1. The average Bonchev–Trinajstić information content (AvgIpc) is 3.51. The van der Waals surface area contributed by atoms with E-state index in [-0.39, 0.29) is 0 Å². The van der Waals surface area contributed by atoms with E-state index in [1.807, 2.05) is 23.5 Å². The Kier molecular flexibility index (Phi) is 8.05. The van der Waals surface area contributed by atoms with Gasteiger partial charge in [-0.15, -0.1) is 11.3 Å². The van der Waals surface area contributed by atoms with Gasteiger partial charge in [-0.05, 0) is 36.1 Å². The summed E-state index contributed by atoms with van der Waals surface area (Å²) in [7, 11) is 0. The van der Waals surface area contributed by atoms with Crippen molar-refractivity contribution in [3.63, 3.8) is 0 Å². The van der Waals surface area contributed by atoms with Crippen LogP contribution >= 0.6 is 11.3 Å². The van der Waals surface area contributed by atoms with E-state index in [2.05, 4.69) is 37.5 Å². The van der Waals surface area contributed by atoms with Crippen molar-refractivity contribution in [1.29, 1.82) is 0 Å². The van der Waals surface area contributed by atoms with Gasteiger partial charge in [0.25, 0.3) is 0 Å². The van der Waals surface area contributed by atoms with E-state index in [0.29, 0.717) is 0 Å². The van der Waals surface area contributed by atoms with Crippen LogP contribution < -0.4 is 10.2 Å². The second-order valence-corrected chi connectivity index (χ2v) is 8.62. The Morgan fingerprint density at radius 1 is 1.07 bits per heavy atom. The van der Waals surface area contributed by atoms with Crippen LogP contribution in [0.1, 0.15) is 12.2 Å². The molecule has 0 aromatic carbocycles. The number of piperazine rings is 1. The number of hydrogen-bond donors (Lipinski definition) is 1. The third-order valence-electron chi connectivity index (χ3n) is 5.63. The first-order chi connectivity index (χ1) is 14.9. The third-order valence-corrected chi connectivity index (χ3v) is 6.56. The highest BCUT2D eigenvalue weighted by atomic mass is 32.1. The quantitative estimate of drug-likeness (QED) is 0.393. The lowest BCUT2D eigenvalue weighted by Crippen LogP contribution is -2.52. The molecule has 0 atom stereocenters. The van der Waals surface area contributed by atoms with Crippen LogP contribution in [0.3, 0.4) is 0 Å². The Morgan fingerprint density at radius 3 is 2.67 bits per heavy atom. The molecule has 4 heterocycles. The topological polar surface area (TPSA) is 56.5 Å². The largest absolute Gasteiger partial charge is 0.469 e. The molecule has 2 aromatic heterocycles. The zero-order valence-electron chi connectivity index (χ0n) is 17.7. The molecule has 0 saturated carbocycles. The van der Waals surface area contributed by atoms with Gasteiger partial charge in [-0.25, -0.2) is 0 Å². The van der Waals surface area contributed by atoms with Crippen molar-refractivity contribution in [2.24, 2.45) is 4.99 Å². The van der Waals surface area contributed by atoms with Gasteiger partial charge in [0.1, 0.15) is 5.76 Å². The van der Waals surface area contributed by atoms with E-state index in [9.17, 15) is 0 Å². The highest BCUT2D eigenvalue weighted by Crippen LogP contribution is 2.22. The number of guanidine groups is 1.